The van der Waals surface area contributed by atoms with Gasteiger partial charge in [-0.2, -0.15) is 0 Å². The van der Waals surface area contributed by atoms with Crippen LogP contribution in [0.1, 0.15) is 33.6 Å². The third kappa shape index (κ3) is 3.57. The summed E-state index contributed by atoms with van der Waals surface area (Å²) < 4.78 is 4.62. The predicted octanol–water partition coefficient (Wildman–Crippen LogP) is 1.30. The molecule has 5 nitrogen and oxygen atoms in total. The summed E-state index contributed by atoms with van der Waals surface area (Å²) in [7, 11) is 3.42. The SMILES string of the molecule is COC(=O)c1ccc(C(=O)NC2CCN(C)CC2)cc1. The van der Waals surface area contributed by atoms with E-state index in [0.29, 0.717) is 11.1 Å². The summed E-state index contributed by atoms with van der Waals surface area (Å²) in [5.41, 5.74) is 1.01. The summed E-state index contributed by atoms with van der Waals surface area (Å²) in [4.78, 5) is 25.7. The highest BCUT2D eigenvalue weighted by Gasteiger charge is 2.19. The third-order valence-corrected chi connectivity index (χ3v) is 3.62. The van der Waals surface area contributed by atoms with Crippen LogP contribution in [0.4, 0.5) is 0 Å². The van der Waals surface area contributed by atoms with E-state index >= 15 is 0 Å². The zero-order valence-corrected chi connectivity index (χ0v) is 11.9. The number of benzene rings is 1. The average Bonchev–Trinajstić information content (AvgIpc) is 2.49. The van der Waals surface area contributed by atoms with Crippen LogP contribution in [0.5, 0.6) is 0 Å². The number of hydrogen-bond acceptors (Lipinski definition) is 4. The Balaban J connectivity index is 1.94. The quantitative estimate of drug-likeness (QED) is 0.845. The van der Waals surface area contributed by atoms with Crippen LogP contribution in [0.25, 0.3) is 0 Å². The molecule has 0 radical (unpaired) electrons. The Morgan fingerprint density at radius 2 is 1.70 bits per heavy atom. The van der Waals surface area contributed by atoms with Crippen molar-refractivity contribution in [2.45, 2.75) is 18.9 Å². The Hall–Kier alpha value is -1.88. The smallest absolute Gasteiger partial charge is 0.337 e. The lowest BCUT2D eigenvalue weighted by Gasteiger charge is -2.29. The molecule has 1 heterocycles. The normalized spacial score (nSPS) is 16.7. The van der Waals surface area contributed by atoms with E-state index in [2.05, 4.69) is 22.0 Å². The summed E-state index contributed by atoms with van der Waals surface area (Å²) in [6, 6.07) is 6.75. The summed E-state index contributed by atoms with van der Waals surface area (Å²) in [5, 5.41) is 3.04. The zero-order chi connectivity index (χ0) is 14.5. The lowest BCUT2D eigenvalue weighted by atomic mass is 10.0. The minimum Gasteiger partial charge on any atom is -0.465 e. The molecule has 0 saturated carbocycles. The molecule has 0 spiro atoms. The maximum Gasteiger partial charge on any atom is 0.337 e. The molecule has 0 unspecified atom stereocenters. The highest BCUT2D eigenvalue weighted by Crippen LogP contribution is 2.10. The van der Waals surface area contributed by atoms with E-state index in [9.17, 15) is 9.59 Å². The standard InChI is InChI=1S/C15H20N2O3/c1-17-9-7-13(8-10-17)16-14(18)11-3-5-12(6-4-11)15(19)20-2/h3-6,13H,7-10H2,1-2H3,(H,16,18). The molecule has 108 valence electrons. The van der Waals surface area contributed by atoms with E-state index in [0.717, 1.165) is 25.9 Å². The number of hydrogen-bond donors (Lipinski definition) is 1. The van der Waals surface area contributed by atoms with Gasteiger partial charge in [-0.15, -0.1) is 0 Å². The van der Waals surface area contributed by atoms with Crippen LogP contribution in [-0.4, -0.2) is 50.1 Å². The highest BCUT2D eigenvalue weighted by molar-refractivity contribution is 5.96. The van der Waals surface area contributed by atoms with Gasteiger partial charge in [0, 0.05) is 11.6 Å². The van der Waals surface area contributed by atoms with Crippen LogP contribution in [0.3, 0.4) is 0 Å². The highest BCUT2D eigenvalue weighted by atomic mass is 16.5. The minimum absolute atomic E-state index is 0.0871. The lowest BCUT2D eigenvalue weighted by Crippen LogP contribution is -2.43. The summed E-state index contributed by atoms with van der Waals surface area (Å²) in [5.74, 6) is -0.483. The van der Waals surface area contributed by atoms with Gasteiger partial charge in [0.2, 0.25) is 0 Å². The predicted molar refractivity (Wildman–Crippen MR) is 75.8 cm³/mol. The van der Waals surface area contributed by atoms with E-state index in [1.807, 2.05) is 0 Å². The van der Waals surface area contributed by atoms with Crippen molar-refractivity contribution in [3.8, 4) is 0 Å². The second-order valence-corrected chi connectivity index (χ2v) is 5.12. The van der Waals surface area contributed by atoms with Crippen LogP contribution < -0.4 is 5.32 Å². The van der Waals surface area contributed by atoms with Crippen molar-refractivity contribution in [1.82, 2.24) is 10.2 Å². The van der Waals surface area contributed by atoms with Gasteiger partial charge in [0.25, 0.3) is 5.91 Å². The summed E-state index contributed by atoms with van der Waals surface area (Å²) in [6.07, 6.45) is 1.95. The molecule has 1 aliphatic heterocycles. The van der Waals surface area contributed by atoms with Crippen LogP contribution in [0.2, 0.25) is 0 Å². The molecule has 1 fully saturated rings. The minimum atomic E-state index is -0.396. The largest absolute Gasteiger partial charge is 0.465 e. The van der Waals surface area contributed by atoms with Gasteiger partial charge in [0.1, 0.15) is 0 Å². The first-order valence-corrected chi connectivity index (χ1v) is 6.78. The number of likely N-dealkylation sites (tertiary alicyclic amines) is 1. The molecule has 0 atom stereocenters. The number of carbonyl (C=O) groups excluding carboxylic acids is 2. The van der Waals surface area contributed by atoms with Gasteiger partial charge < -0.3 is 15.0 Å². The van der Waals surface area contributed by atoms with E-state index in [1.54, 1.807) is 24.3 Å². The number of methoxy groups -OCH3 is 1. The maximum absolute atomic E-state index is 12.1. The van der Waals surface area contributed by atoms with E-state index in [1.165, 1.54) is 7.11 Å². The third-order valence-electron chi connectivity index (χ3n) is 3.62. The molecule has 20 heavy (non-hydrogen) atoms. The van der Waals surface area contributed by atoms with Gasteiger partial charge in [0.05, 0.1) is 12.7 Å². The Labute approximate surface area is 118 Å². The Morgan fingerprint density at radius 1 is 1.15 bits per heavy atom. The Bertz CT molecular complexity index is 476. The summed E-state index contributed by atoms with van der Waals surface area (Å²) >= 11 is 0. The monoisotopic (exact) mass is 276 g/mol. The van der Waals surface area contributed by atoms with E-state index in [-0.39, 0.29) is 11.9 Å². The van der Waals surface area contributed by atoms with Gasteiger partial charge in [-0.05, 0) is 57.2 Å². The molecule has 1 aliphatic rings. The average molecular weight is 276 g/mol. The number of esters is 1. The first-order chi connectivity index (χ1) is 9.60. The fourth-order valence-electron chi connectivity index (χ4n) is 2.30. The molecule has 1 saturated heterocycles. The Morgan fingerprint density at radius 3 is 2.25 bits per heavy atom. The molecule has 0 aromatic heterocycles. The molecule has 0 bridgehead atoms. The van der Waals surface area contributed by atoms with Crippen molar-refractivity contribution in [3.05, 3.63) is 35.4 Å². The molecule has 1 N–H and O–H groups in total. The number of ether oxygens (including phenoxy) is 1. The first kappa shape index (κ1) is 14.5. The number of piperidine rings is 1. The number of amides is 1. The lowest BCUT2D eigenvalue weighted by molar-refractivity contribution is 0.0600. The topological polar surface area (TPSA) is 58.6 Å². The van der Waals surface area contributed by atoms with Crippen LogP contribution >= 0.6 is 0 Å². The first-order valence-electron chi connectivity index (χ1n) is 6.78. The number of nitrogens with one attached hydrogen (secondary N) is 1. The van der Waals surface area contributed by atoms with Crippen molar-refractivity contribution >= 4 is 11.9 Å². The maximum atomic E-state index is 12.1. The van der Waals surface area contributed by atoms with Crippen molar-refractivity contribution in [2.75, 3.05) is 27.2 Å². The van der Waals surface area contributed by atoms with Crippen molar-refractivity contribution in [3.63, 3.8) is 0 Å². The van der Waals surface area contributed by atoms with Crippen molar-refractivity contribution < 1.29 is 14.3 Å². The molecule has 2 rings (SSSR count). The molecular formula is C15H20N2O3. The van der Waals surface area contributed by atoms with Crippen LogP contribution in [-0.2, 0) is 4.74 Å². The second-order valence-electron chi connectivity index (χ2n) is 5.12. The van der Waals surface area contributed by atoms with Crippen molar-refractivity contribution in [1.29, 1.82) is 0 Å². The fourth-order valence-corrected chi connectivity index (χ4v) is 2.30. The van der Waals surface area contributed by atoms with Gasteiger partial charge >= 0.3 is 5.97 Å². The molecule has 1 amide bonds. The molecule has 5 heteroatoms. The van der Waals surface area contributed by atoms with Crippen LogP contribution in [0.15, 0.2) is 24.3 Å². The molecule has 1 aromatic carbocycles. The fraction of sp³-hybridized carbons (Fsp3) is 0.467. The van der Waals surface area contributed by atoms with Gasteiger partial charge in [0.15, 0.2) is 0 Å². The van der Waals surface area contributed by atoms with Gasteiger partial charge in [-0.25, -0.2) is 4.79 Å². The van der Waals surface area contributed by atoms with Crippen LogP contribution in [0, 0.1) is 0 Å². The zero-order valence-electron chi connectivity index (χ0n) is 11.9. The van der Waals surface area contributed by atoms with Crippen molar-refractivity contribution in [2.24, 2.45) is 0 Å². The number of nitrogens with zero attached hydrogens (tertiary/aromatic N) is 1. The molecular weight excluding hydrogens is 256 g/mol. The number of rotatable bonds is 3. The van der Waals surface area contributed by atoms with Gasteiger partial charge in [-0.3, -0.25) is 4.79 Å². The van der Waals surface area contributed by atoms with E-state index < -0.39 is 5.97 Å². The molecule has 1 aromatic rings. The number of carbonyl (C=O) groups is 2. The molecule has 0 aliphatic carbocycles. The summed E-state index contributed by atoms with van der Waals surface area (Å²) in [6.45, 7) is 2.01. The second kappa shape index (κ2) is 6.52. The van der Waals surface area contributed by atoms with Gasteiger partial charge in [-0.1, -0.05) is 0 Å². The Kier molecular flexibility index (Phi) is 4.74. The van der Waals surface area contributed by atoms with E-state index in [4.69, 9.17) is 0 Å².